The summed E-state index contributed by atoms with van der Waals surface area (Å²) in [6.07, 6.45) is 1.96. The fourth-order valence-electron chi connectivity index (χ4n) is 1.75. The van der Waals surface area contributed by atoms with Gasteiger partial charge in [0, 0.05) is 24.6 Å². The van der Waals surface area contributed by atoms with Gasteiger partial charge in [-0.25, -0.2) is 4.98 Å². The Kier molecular flexibility index (Phi) is 4.60. The number of nitrogens with one attached hydrogen (secondary N) is 1. The van der Waals surface area contributed by atoms with Crippen molar-refractivity contribution in [1.29, 1.82) is 0 Å². The zero-order valence-electron chi connectivity index (χ0n) is 11.3. The molecule has 0 saturated heterocycles. The maximum atomic E-state index is 11.9. The molecule has 0 fully saturated rings. The van der Waals surface area contributed by atoms with Crippen molar-refractivity contribution in [2.45, 2.75) is 19.8 Å². The van der Waals surface area contributed by atoms with Crippen LogP contribution in [0.15, 0.2) is 48.7 Å². The van der Waals surface area contributed by atoms with Crippen LogP contribution in [0.25, 0.3) is 0 Å². The highest BCUT2D eigenvalue weighted by Gasteiger charge is 2.09. The normalized spacial score (nSPS) is 10.1. The number of carbonyl (C=O) groups excluding carboxylic acids is 2. The summed E-state index contributed by atoms with van der Waals surface area (Å²) in [6.45, 7) is 1.97. The van der Waals surface area contributed by atoms with Crippen molar-refractivity contribution in [2.24, 2.45) is 0 Å². The lowest BCUT2D eigenvalue weighted by Gasteiger charge is -2.04. The second kappa shape index (κ2) is 6.61. The standard InChI is InChI=1S/C16H16N2O2/c1-12-5-7-13(8-6-12)14(19)9-10-16(20)18-15-4-2-3-11-17-15/h2-8,11H,9-10H2,1H3,(H,17,18,20). The lowest BCUT2D eigenvalue weighted by molar-refractivity contribution is -0.116. The third-order valence-corrected chi connectivity index (χ3v) is 2.89. The van der Waals surface area contributed by atoms with E-state index >= 15 is 0 Å². The van der Waals surface area contributed by atoms with Crippen molar-refractivity contribution in [2.75, 3.05) is 5.32 Å². The van der Waals surface area contributed by atoms with E-state index in [0.29, 0.717) is 11.4 Å². The Morgan fingerprint density at radius 3 is 2.45 bits per heavy atom. The molecule has 4 heteroatoms. The summed E-state index contributed by atoms with van der Waals surface area (Å²) in [7, 11) is 0. The molecular formula is C16H16N2O2. The fraction of sp³-hybridized carbons (Fsp3) is 0.188. The number of ketones is 1. The van der Waals surface area contributed by atoms with Gasteiger partial charge in [-0.3, -0.25) is 9.59 Å². The van der Waals surface area contributed by atoms with Crippen molar-refractivity contribution in [1.82, 2.24) is 4.98 Å². The van der Waals surface area contributed by atoms with E-state index in [1.165, 1.54) is 0 Å². The summed E-state index contributed by atoms with van der Waals surface area (Å²) in [4.78, 5) is 27.6. The minimum Gasteiger partial charge on any atom is -0.311 e. The number of amides is 1. The summed E-state index contributed by atoms with van der Waals surface area (Å²) in [5, 5.41) is 2.66. The SMILES string of the molecule is Cc1ccc(C(=O)CCC(=O)Nc2ccccn2)cc1. The number of anilines is 1. The molecule has 0 spiro atoms. The molecule has 0 unspecified atom stereocenters. The first-order valence-corrected chi connectivity index (χ1v) is 6.46. The van der Waals surface area contributed by atoms with Gasteiger partial charge < -0.3 is 5.32 Å². The molecule has 0 bridgehead atoms. The molecule has 1 amide bonds. The van der Waals surface area contributed by atoms with Crippen LogP contribution in [0.2, 0.25) is 0 Å². The number of Topliss-reactive ketones (excluding diaryl/α,β-unsaturated/α-hetero) is 1. The van der Waals surface area contributed by atoms with Crippen LogP contribution in [-0.4, -0.2) is 16.7 Å². The van der Waals surface area contributed by atoms with E-state index in [-0.39, 0.29) is 24.5 Å². The van der Waals surface area contributed by atoms with Gasteiger partial charge in [0.25, 0.3) is 0 Å². The van der Waals surface area contributed by atoms with Crippen LogP contribution < -0.4 is 5.32 Å². The number of rotatable bonds is 5. The van der Waals surface area contributed by atoms with Crippen molar-refractivity contribution in [3.63, 3.8) is 0 Å². The van der Waals surface area contributed by atoms with Gasteiger partial charge >= 0.3 is 0 Å². The molecule has 102 valence electrons. The Bertz CT molecular complexity index is 592. The minimum atomic E-state index is -0.204. The minimum absolute atomic E-state index is 0.0267. The van der Waals surface area contributed by atoms with E-state index in [4.69, 9.17) is 0 Å². The quantitative estimate of drug-likeness (QED) is 0.848. The number of aromatic nitrogens is 1. The Labute approximate surface area is 117 Å². The van der Waals surface area contributed by atoms with E-state index in [2.05, 4.69) is 10.3 Å². The molecule has 4 nitrogen and oxygen atoms in total. The number of carbonyl (C=O) groups is 2. The number of nitrogens with zero attached hydrogens (tertiary/aromatic N) is 1. The molecule has 2 rings (SSSR count). The molecule has 1 heterocycles. The van der Waals surface area contributed by atoms with E-state index in [1.54, 1.807) is 36.5 Å². The van der Waals surface area contributed by atoms with E-state index in [0.717, 1.165) is 5.56 Å². The summed E-state index contributed by atoms with van der Waals surface area (Å²) in [5.41, 5.74) is 1.75. The maximum Gasteiger partial charge on any atom is 0.225 e. The lowest BCUT2D eigenvalue weighted by Crippen LogP contribution is -2.14. The second-order valence-corrected chi connectivity index (χ2v) is 4.55. The average Bonchev–Trinajstić information content (AvgIpc) is 2.46. The van der Waals surface area contributed by atoms with Crippen LogP contribution in [0.5, 0.6) is 0 Å². The van der Waals surface area contributed by atoms with Gasteiger partial charge in [-0.1, -0.05) is 35.9 Å². The molecule has 1 N–H and O–H groups in total. The third-order valence-electron chi connectivity index (χ3n) is 2.89. The Morgan fingerprint density at radius 2 is 1.80 bits per heavy atom. The van der Waals surface area contributed by atoms with Crippen LogP contribution in [0, 0.1) is 6.92 Å². The van der Waals surface area contributed by atoms with Crippen LogP contribution in [-0.2, 0) is 4.79 Å². The molecule has 0 atom stereocenters. The summed E-state index contributed by atoms with van der Waals surface area (Å²) >= 11 is 0. The molecule has 20 heavy (non-hydrogen) atoms. The van der Waals surface area contributed by atoms with Crippen molar-refractivity contribution < 1.29 is 9.59 Å². The molecule has 0 radical (unpaired) electrons. The van der Waals surface area contributed by atoms with Gasteiger partial charge in [0.05, 0.1) is 0 Å². The Balaban J connectivity index is 1.84. The number of benzene rings is 1. The smallest absolute Gasteiger partial charge is 0.225 e. The molecule has 0 aliphatic rings. The topological polar surface area (TPSA) is 59.1 Å². The molecule has 2 aromatic rings. The first-order chi connectivity index (χ1) is 9.65. The Morgan fingerprint density at radius 1 is 1.05 bits per heavy atom. The van der Waals surface area contributed by atoms with Crippen molar-refractivity contribution in [3.8, 4) is 0 Å². The van der Waals surface area contributed by atoms with Gasteiger partial charge in [-0.2, -0.15) is 0 Å². The van der Waals surface area contributed by atoms with Gasteiger partial charge in [0.15, 0.2) is 5.78 Å². The molecule has 0 aliphatic carbocycles. The van der Waals surface area contributed by atoms with Crippen LogP contribution >= 0.6 is 0 Å². The van der Waals surface area contributed by atoms with Gasteiger partial charge in [0.1, 0.15) is 5.82 Å². The summed E-state index contributed by atoms with van der Waals surface area (Å²) < 4.78 is 0. The number of hydrogen-bond acceptors (Lipinski definition) is 3. The monoisotopic (exact) mass is 268 g/mol. The van der Waals surface area contributed by atoms with E-state index in [1.807, 2.05) is 19.1 Å². The fourth-order valence-corrected chi connectivity index (χ4v) is 1.75. The van der Waals surface area contributed by atoms with Crippen LogP contribution in [0.1, 0.15) is 28.8 Å². The van der Waals surface area contributed by atoms with Crippen molar-refractivity contribution in [3.05, 3.63) is 59.8 Å². The van der Waals surface area contributed by atoms with Crippen LogP contribution in [0.4, 0.5) is 5.82 Å². The van der Waals surface area contributed by atoms with Crippen molar-refractivity contribution >= 4 is 17.5 Å². The second-order valence-electron chi connectivity index (χ2n) is 4.55. The predicted octanol–water partition coefficient (Wildman–Crippen LogP) is 2.99. The van der Waals surface area contributed by atoms with E-state index in [9.17, 15) is 9.59 Å². The average molecular weight is 268 g/mol. The summed E-state index contributed by atoms with van der Waals surface area (Å²) in [5.74, 6) is 0.269. The first-order valence-electron chi connectivity index (χ1n) is 6.46. The molecule has 0 saturated carbocycles. The molecule has 1 aromatic carbocycles. The maximum absolute atomic E-state index is 11.9. The summed E-state index contributed by atoms with van der Waals surface area (Å²) in [6, 6.07) is 12.6. The largest absolute Gasteiger partial charge is 0.311 e. The lowest BCUT2D eigenvalue weighted by atomic mass is 10.1. The number of hydrogen-bond donors (Lipinski definition) is 1. The third kappa shape index (κ3) is 4.02. The zero-order chi connectivity index (χ0) is 14.4. The van der Waals surface area contributed by atoms with Gasteiger partial charge in [-0.05, 0) is 19.1 Å². The first kappa shape index (κ1) is 13.9. The molecular weight excluding hydrogens is 252 g/mol. The van der Waals surface area contributed by atoms with E-state index < -0.39 is 0 Å². The predicted molar refractivity (Wildman–Crippen MR) is 77.6 cm³/mol. The number of aryl methyl sites for hydroxylation is 1. The highest BCUT2D eigenvalue weighted by molar-refractivity contribution is 5.99. The molecule has 0 aliphatic heterocycles. The highest BCUT2D eigenvalue weighted by Crippen LogP contribution is 2.08. The van der Waals surface area contributed by atoms with Gasteiger partial charge in [0.2, 0.25) is 5.91 Å². The number of pyridine rings is 1. The van der Waals surface area contributed by atoms with Crippen LogP contribution in [0.3, 0.4) is 0 Å². The molecule has 1 aromatic heterocycles. The zero-order valence-corrected chi connectivity index (χ0v) is 11.3. The Hall–Kier alpha value is -2.49. The highest BCUT2D eigenvalue weighted by atomic mass is 16.2. The van der Waals surface area contributed by atoms with Gasteiger partial charge in [-0.15, -0.1) is 0 Å².